The third-order valence-corrected chi connectivity index (χ3v) is 3.68. The zero-order valence-electron chi connectivity index (χ0n) is 13.2. The molecule has 21 heavy (non-hydrogen) atoms. The van der Waals surface area contributed by atoms with E-state index in [2.05, 4.69) is 24.3 Å². The highest BCUT2D eigenvalue weighted by molar-refractivity contribution is 5.97. The number of aliphatic hydroxyl groups is 1. The molecule has 0 aromatic heterocycles. The zero-order chi connectivity index (χ0) is 15.9. The number of oxime groups is 1. The molecule has 0 saturated carbocycles. The van der Waals surface area contributed by atoms with Crippen LogP contribution in [0.1, 0.15) is 43.4 Å². The molecule has 0 aliphatic rings. The predicted octanol–water partition coefficient (Wildman–Crippen LogP) is 1.98. The van der Waals surface area contributed by atoms with Crippen molar-refractivity contribution in [2.24, 2.45) is 16.3 Å². The molecule has 0 aliphatic carbocycles. The van der Waals surface area contributed by atoms with Gasteiger partial charge in [0.25, 0.3) is 0 Å². The molecule has 0 amide bonds. The largest absolute Gasteiger partial charge is 0.409 e. The van der Waals surface area contributed by atoms with E-state index in [1.807, 2.05) is 25.1 Å². The van der Waals surface area contributed by atoms with Gasteiger partial charge in [-0.05, 0) is 42.4 Å². The van der Waals surface area contributed by atoms with Crippen LogP contribution in [-0.2, 0) is 6.54 Å². The van der Waals surface area contributed by atoms with Gasteiger partial charge in [0, 0.05) is 25.3 Å². The van der Waals surface area contributed by atoms with E-state index in [1.54, 1.807) is 0 Å². The topological polar surface area (TPSA) is 90.9 Å². The van der Waals surface area contributed by atoms with Crippen molar-refractivity contribution in [3.05, 3.63) is 34.9 Å². The second kappa shape index (κ2) is 8.00. The number of nitrogens with one attached hydrogen (secondary N) is 1. The lowest BCUT2D eigenvalue weighted by Gasteiger charge is -2.25. The molecule has 0 spiro atoms. The van der Waals surface area contributed by atoms with Crippen LogP contribution in [0.15, 0.2) is 23.4 Å². The minimum Gasteiger partial charge on any atom is -0.409 e. The summed E-state index contributed by atoms with van der Waals surface area (Å²) in [5.41, 5.74) is 8.78. The van der Waals surface area contributed by atoms with Gasteiger partial charge in [-0.3, -0.25) is 0 Å². The second-order valence-electron chi connectivity index (χ2n) is 6.22. The molecule has 0 saturated heterocycles. The smallest absolute Gasteiger partial charge is 0.170 e. The number of hydrogen-bond acceptors (Lipinski definition) is 4. The fourth-order valence-corrected chi connectivity index (χ4v) is 2.29. The number of rotatable bonds is 8. The number of aliphatic hydroxyl groups excluding tert-OH is 1. The summed E-state index contributed by atoms with van der Waals surface area (Å²) >= 11 is 0. The highest BCUT2D eigenvalue weighted by Gasteiger charge is 2.16. The first kappa shape index (κ1) is 17.5. The van der Waals surface area contributed by atoms with Gasteiger partial charge in [0.1, 0.15) is 0 Å². The Morgan fingerprint density at radius 1 is 1.38 bits per heavy atom. The van der Waals surface area contributed by atoms with Crippen LogP contribution in [0.4, 0.5) is 0 Å². The Morgan fingerprint density at radius 3 is 2.67 bits per heavy atom. The van der Waals surface area contributed by atoms with Crippen molar-refractivity contribution in [3.8, 4) is 0 Å². The van der Waals surface area contributed by atoms with Crippen LogP contribution in [0.25, 0.3) is 0 Å². The number of nitrogens with two attached hydrogens (primary N) is 1. The summed E-state index contributed by atoms with van der Waals surface area (Å²) in [4.78, 5) is 0. The molecule has 0 bridgehead atoms. The summed E-state index contributed by atoms with van der Waals surface area (Å²) in [6, 6.07) is 5.77. The Morgan fingerprint density at radius 2 is 2.10 bits per heavy atom. The summed E-state index contributed by atoms with van der Waals surface area (Å²) in [5, 5.41) is 24.1. The number of nitrogens with zero attached hydrogens (tertiary/aromatic N) is 1. The molecular weight excluding hydrogens is 266 g/mol. The van der Waals surface area contributed by atoms with E-state index in [1.165, 1.54) is 5.56 Å². The van der Waals surface area contributed by atoms with Crippen LogP contribution < -0.4 is 11.1 Å². The molecule has 5 nitrogen and oxygen atoms in total. The maximum Gasteiger partial charge on any atom is 0.170 e. The Hall–Kier alpha value is -1.59. The quantitative estimate of drug-likeness (QED) is 0.255. The first-order valence-electron chi connectivity index (χ1n) is 7.28. The van der Waals surface area contributed by atoms with Gasteiger partial charge in [0.15, 0.2) is 5.84 Å². The van der Waals surface area contributed by atoms with Gasteiger partial charge in [0.05, 0.1) is 0 Å². The molecule has 118 valence electrons. The second-order valence-corrected chi connectivity index (χ2v) is 6.22. The van der Waals surface area contributed by atoms with Gasteiger partial charge in [0.2, 0.25) is 0 Å². The Bertz CT molecular complexity index is 484. The SMILES string of the molecule is Cc1cc(/C(N)=N/O)ccc1CNCC(C)(C)CCCO. The zero-order valence-corrected chi connectivity index (χ0v) is 13.2. The lowest BCUT2D eigenvalue weighted by atomic mass is 9.88. The van der Waals surface area contributed by atoms with Crippen molar-refractivity contribution >= 4 is 5.84 Å². The number of aryl methyl sites for hydroxylation is 1. The van der Waals surface area contributed by atoms with Gasteiger partial charge in [-0.25, -0.2) is 0 Å². The Balaban J connectivity index is 2.56. The average Bonchev–Trinajstić information content (AvgIpc) is 2.46. The van der Waals surface area contributed by atoms with Crippen molar-refractivity contribution in [3.63, 3.8) is 0 Å². The molecule has 0 aliphatic heterocycles. The van der Waals surface area contributed by atoms with Crippen LogP contribution in [-0.4, -0.2) is 29.3 Å². The van der Waals surface area contributed by atoms with Gasteiger partial charge < -0.3 is 21.4 Å². The third kappa shape index (κ3) is 5.73. The number of benzene rings is 1. The molecular formula is C16H27N3O2. The van der Waals surface area contributed by atoms with E-state index in [-0.39, 0.29) is 17.9 Å². The summed E-state index contributed by atoms with van der Waals surface area (Å²) < 4.78 is 0. The van der Waals surface area contributed by atoms with Crippen molar-refractivity contribution in [2.45, 2.75) is 40.2 Å². The van der Waals surface area contributed by atoms with Crippen LogP contribution in [0.5, 0.6) is 0 Å². The van der Waals surface area contributed by atoms with Gasteiger partial charge in [-0.2, -0.15) is 0 Å². The summed E-state index contributed by atoms with van der Waals surface area (Å²) in [6.07, 6.45) is 1.83. The fraction of sp³-hybridized carbons (Fsp3) is 0.562. The molecule has 0 heterocycles. The average molecular weight is 293 g/mol. The van der Waals surface area contributed by atoms with E-state index in [9.17, 15) is 0 Å². The minimum absolute atomic E-state index is 0.128. The molecule has 1 rings (SSSR count). The minimum atomic E-state index is 0.128. The molecule has 1 aromatic rings. The molecule has 1 aromatic carbocycles. The van der Waals surface area contributed by atoms with Crippen LogP contribution in [0.2, 0.25) is 0 Å². The maximum absolute atomic E-state index is 8.90. The lowest BCUT2D eigenvalue weighted by Crippen LogP contribution is -2.29. The summed E-state index contributed by atoms with van der Waals surface area (Å²) in [5.74, 6) is 0.128. The molecule has 0 fully saturated rings. The van der Waals surface area contributed by atoms with Crippen LogP contribution in [0, 0.1) is 12.3 Å². The number of hydrogen-bond donors (Lipinski definition) is 4. The van der Waals surface area contributed by atoms with Crippen LogP contribution in [0.3, 0.4) is 0 Å². The van der Waals surface area contributed by atoms with E-state index in [0.29, 0.717) is 0 Å². The molecule has 0 unspecified atom stereocenters. The Kier molecular flexibility index (Phi) is 6.65. The monoisotopic (exact) mass is 293 g/mol. The van der Waals surface area contributed by atoms with Crippen molar-refractivity contribution in [1.82, 2.24) is 5.32 Å². The van der Waals surface area contributed by atoms with Crippen molar-refractivity contribution < 1.29 is 10.3 Å². The summed E-state index contributed by atoms with van der Waals surface area (Å²) in [6.45, 7) is 8.34. The highest BCUT2D eigenvalue weighted by atomic mass is 16.4. The molecule has 0 radical (unpaired) electrons. The third-order valence-electron chi connectivity index (χ3n) is 3.68. The standard InChI is InChI=1S/C16H27N3O2/c1-12-9-13(15(17)19-21)5-6-14(12)10-18-11-16(2,3)7-4-8-20/h5-6,9,18,20-21H,4,7-8,10-11H2,1-3H3,(H2,17,19). The van der Waals surface area contributed by atoms with E-state index in [0.717, 1.165) is 37.1 Å². The van der Waals surface area contributed by atoms with E-state index >= 15 is 0 Å². The molecule has 0 atom stereocenters. The first-order valence-corrected chi connectivity index (χ1v) is 7.28. The van der Waals surface area contributed by atoms with Gasteiger partial charge in [-0.1, -0.05) is 31.1 Å². The normalized spacial score (nSPS) is 12.7. The molecule has 5 N–H and O–H groups in total. The molecule has 5 heteroatoms. The van der Waals surface area contributed by atoms with Crippen LogP contribution >= 0.6 is 0 Å². The van der Waals surface area contributed by atoms with E-state index < -0.39 is 0 Å². The fourth-order valence-electron chi connectivity index (χ4n) is 2.29. The summed E-state index contributed by atoms with van der Waals surface area (Å²) in [7, 11) is 0. The van der Waals surface area contributed by atoms with E-state index in [4.69, 9.17) is 16.0 Å². The van der Waals surface area contributed by atoms with Gasteiger partial charge >= 0.3 is 0 Å². The Labute approximate surface area is 126 Å². The predicted molar refractivity (Wildman–Crippen MR) is 85.5 cm³/mol. The maximum atomic E-state index is 8.90. The lowest BCUT2D eigenvalue weighted by molar-refractivity contribution is 0.236. The van der Waals surface area contributed by atoms with Crippen molar-refractivity contribution in [2.75, 3.05) is 13.2 Å². The van der Waals surface area contributed by atoms with Crippen molar-refractivity contribution in [1.29, 1.82) is 0 Å². The number of amidine groups is 1. The first-order chi connectivity index (χ1) is 9.89. The van der Waals surface area contributed by atoms with Gasteiger partial charge in [-0.15, -0.1) is 0 Å². The highest BCUT2D eigenvalue weighted by Crippen LogP contribution is 2.21.